The maximum Gasteiger partial charge on any atom is 0.262 e. The lowest BCUT2D eigenvalue weighted by atomic mass is 10.2. The third kappa shape index (κ3) is 3.20. The Balaban J connectivity index is 1.58. The topological polar surface area (TPSA) is 90.5 Å². The van der Waals surface area contributed by atoms with Gasteiger partial charge in [-0.1, -0.05) is 23.9 Å². The molecular weight excluding hydrogens is 378 g/mol. The molecule has 2 aromatic carbocycles. The number of ether oxygens (including phenoxy) is 1. The van der Waals surface area contributed by atoms with Crippen LogP contribution in [0.15, 0.2) is 58.5 Å². The summed E-state index contributed by atoms with van der Waals surface area (Å²) in [5.41, 5.74) is 1.26. The first-order valence-electron chi connectivity index (χ1n) is 8.48. The molecule has 0 bridgehead atoms. The second-order valence-corrected chi connectivity index (χ2v) is 7.01. The summed E-state index contributed by atoms with van der Waals surface area (Å²) < 4.78 is 8.35. The molecule has 0 saturated carbocycles. The number of carbonyl (C=O) groups excluding carboxylic acids is 1. The molecule has 0 unspecified atom stereocenters. The molecule has 0 spiro atoms. The van der Waals surface area contributed by atoms with Gasteiger partial charge in [-0.25, -0.2) is 0 Å². The van der Waals surface area contributed by atoms with E-state index in [2.05, 4.69) is 15.5 Å². The zero-order valence-corrected chi connectivity index (χ0v) is 16.1. The van der Waals surface area contributed by atoms with Gasteiger partial charge in [0, 0.05) is 12.7 Å². The van der Waals surface area contributed by atoms with Gasteiger partial charge in [-0.3, -0.25) is 18.6 Å². The van der Waals surface area contributed by atoms with Crippen LogP contribution in [0.2, 0.25) is 0 Å². The number of benzene rings is 2. The van der Waals surface area contributed by atoms with Crippen LogP contribution in [0.4, 0.5) is 5.69 Å². The molecule has 0 fully saturated rings. The predicted octanol–water partition coefficient (Wildman–Crippen LogP) is 2.32. The molecular formula is C19H17N5O3S. The van der Waals surface area contributed by atoms with Crippen molar-refractivity contribution in [1.29, 1.82) is 0 Å². The predicted molar refractivity (Wildman–Crippen MR) is 108 cm³/mol. The molecule has 0 atom stereocenters. The van der Waals surface area contributed by atoms with Crippen molar-refractivity contribution in [3.8, 4) is 5.75 Å². The average Bonchev–Trinajstić information content (AvgIpc) is 3.15. The van der Waals surface area contributed by atoms with Crippen LogP contribution in [0.25, 0.3) is 16.7 Å². The number of nitrogens with one attached hydrogen (secondary N) is 1. The zero-order valence-electron chi connectivity index (χ0n) is 15.2. The van der Waals surface area contributed by atoms with Gasteiger partial charge in [0.2, 0.25) is 11.7 Å². The lowest BCUT2D eigenvalue weighted by Gasteiger charge is -2.08. The molecule has 1 amide bonds. The third-order valence-corrected chi connectivity index (χ3v) is 5.23. The minimum absolute atomic E-state index is 0.135. The normalized spacial score (nSPS) is 11.1. The molecule has 28 heavy (non-hydrogen) atoms. The highest BCUT2D eigenvalue weighted by atomic mass is 32.2. The van der Waals surface area contributed by atoms with Gasteiger partial charge in [0.05, 0.1) is 23.8 Å². The van der Waals surface area contributed by atoms with Gasteiger partial charge in [-0.05, 0) is 36.4 Å². The van der Waals surface area contributed by atoms with E-state index in [0.717, 1.165) is 5.75 Å². The highest BCUT2D eigenvalue weighted by molar-refractivity contribution is 7.99. The quantitative estimate of drug-likeness (QED) is 0.522. The van der Waals surface area contributed by atoms with E-state index in [1.54, 1.807) is 48.9 Å². The van der Waals surface area contributed by atoms with Crippen LogP contribution in [-0.2, 0) is 11.8 Å². The van der Waals surface area contributed by atoms with E-state index in [-0.39, 0.29) is 17.2 Å². The monoisotopic (exact) mass is 395 g/mol. The van der Waals surface area contributed by atoms with Gasteiger partial charge in [-0.2, -0.15) is 0 Å². The minimum atomic E-state index is -0.166. The summed E-state index contributed by atoms with van der Waals surface area (Å²) in [4.78, 5) is 24.8. The van der Waals surface area contributed by atoms with E-state index in [1.807, 2.05) is 18.2 Å². The number of aromatic nitrogens is 4. The molecule has 0 radical (unpaired) electrons. The van der Waals surface area contributed by atoms with Crippen molar-refractivity contribution >= 4 is 40.0 Å². The highest BCUT2D eigenvalue weighted by Gasteiger charge is 2.16. The van der Waals surface area contributed by atoms with Gasteiger partial charge in [0.25, 0.3) is 5.56 Å². The van der Waals surface area contributed by atoms with Crippen LogP contribution in [-0.4, -0.2) is 37.9 Å². The number of aryl methyl sites for hydroxylation is 1. The number of methoxy groups -OCH3 is 1. The maximum atomic E-state index is 12.5. The Morgan fingerprint density at radius 2 is 1.89 bits per heavy atom. The Hall–Kier alpha value is -3.33. The van der Waals surface area contributed by atoms with Gasteiger partial charge in [0.15, 0.2) is 5.16 Å². The van der Waals surface area contributed by atoms with E-state index in [1.165, 1.54) is 16.3 Å². The smallest absolute Gasteiger partial charge is 0.262 e. The van der Waals surface area contributed by atoms with Crippen molar-refractivity contribution in [3.63, 3.8) is 0 Å². The summed E-state index contributed by atoms with van der Waals surface area (Å²) in [6, 6.07) is 14.4. The third-order valence-electron chi connectivity index (χ3n) is 4.30. The minimum Gasteiger partial charge on any atom is -0.497 e. The molecule has 9 heteroatoms. The maximum absolute atomic E-state index is 12.5. The Labute approximate surface area is 164 Å². The lowest BCUT2D eigenvalue weighted by molar-refractivity contribution is -0.113. The summed E-state index contributed by atoms with van der Waals surface area (Å²) in [7, 11) is 3.25. The molecule has 4 rings (SSSR count). The van der Waals surface area contributed by atoms with E-state index >= 15 is 0 Å². The molecule has 0 aliphatic carbocycles. The van der Waals surface area contributed by atoms with Crippen LogP contribution in [0.5, 0.6) is 5.75 Å². The van der Waals surface area contributed by atoms with E-state index < -0.39 is 0 Å². The number of anilines is 1. The van der Waals surface area contributed by atoms with Crippen LogP contribution in [0.3, 0.4) is 0 Å². The number of amides is 1. The van der Waals surface area contributed by atoms with Crippen molar-refractivity contribution in [3.05, 3.63) is 58.9 Å². The number of nitrogens with zero attached hydrogens (tertiary/aromatic N) is 4. The number of carbonyl (C=O) groups is 1. The van der Waals surface area contributed by atoms with Crippen molar-refractivity contribution in [2.75, 3.05) is 18.2 Å². The van der Waals surface area contributed by atoms with Crippen molar-refractivity contribution in [2.45, 2.75) is 5.16 Å². The van der Waals surface area contributed by atoms with Crippen LogP contribution in [0, 0.1) is 0 Å². The Morgan fingerprint density at radius 3 is 2.64 bits per heavy atom. The van der Waals surface area contributed by atoms with Crippen molar-refractivity contribution in [2.24, 2.45) is 7.05 Å². The highest BCUT2D eigenvalue weighted by Crippen LogP contribution is 2.22. The largest absolute Gasteiger partial charge is 0.497 e. The second-order valence-electron chi connectivity index (χ2n) is 6.06. The second kappa shape index (κ2) is 7.35. The molecule has 8 nitrogen and oxygen atoms in total. The Bertz CT molecular complexity index is 1230. The van der Waals surface area contributed by atoms with Gasteiger partial charge < -0.3 is 10.1 Å². The number of para-hydroxylation sites is 1. The fourth-order valence-electron chi connectivity index (χ4n) is 2.91. The number of thioether (sulfide) groups is 1. The van der Waals surface area contributed by atoms with Crippen LogP contribution >= 0.6 is 11.8 Å². The van der Waals surface area contributed by atoms with Gasteiger partial charge >= 0.3 is 0 Å². The van der Waals surface area contributed by atoms with E-state index in [0.29, 0.717) is 27.5 Å². The number of hydrogen-bond donors (Lipinski definition) is 1. The number of fused-ring (bicyclic) bond motifs is 3. The summed E-state index contributed by atoms with van der Waals surface area (Å²) in [6.07, 6.45) is 0. The lowest BCUT2D eigenvalue weighted by Crippen LogP contribution is -2.20. The first kappa shape index (κ1) is 18.1. The zero-order chi connectivity index (χ0) is 19.7. The van der Waals surface area contributed by atoms with E-state index in [9.17, 15) is 9.59 Å². The molecule has 0 aliphatic rings. The standard InChI is InChI=1S/C19H17N5O3S/c1-23-17(26)14-5-3-4-6-15(14)24-18(23)21-22-19(24)28-11-16(25)20-12-7-9-13(27-2)10-8-12/h3-10H,11H2,1-2H3,(H,20,25). The number of rotatable bonds is 5. The van der Waals surface area contributed by atoms with E-state index in [4.69, 9.17) is 4.74 Å². The molecule has 0 aliphatic heterocycles. The van der Waals surface area contributed by atoms with Crippen LogP contribution in [0.1, 0.15) is 0 Å². The summed E-state index contributed by atoms with van der Waals surface area (Å²) in [5.74, 6) is 1.15. The molecule has 2 heterocycles. The SMILES string of the molecule is COc1ccc(NC(=O)CSc2nnc3n(C)c(=O)c4ccccc4n23)cc1. The van der Waals surface area contributed by atoms with Crippen LogP contribution < -0.4 is 15.6 Å². The van der Waals surface area contributed by atoms with Gasteiger partial charge in [-0.15, -0.1) is 10.2 Å². The first-order valence-corrected chi connectivity index (χ1v) is 9.46. The van der Waals surface area contributed by atoms with Crippen molar-refractivity contribution in [1.82, 2.24) is 19.2 Å². The Morgan fingerprint density at radius 1 is 1.14 bits per heavy atom. The average molecular weight is 395 g/mol. The van der Waals surface area contributed by atoms with Gasteiger partial charge in [0.1, 0.15) is 5.75 Å². The number of hydrogen-bond acceptors (Lipinski definition) is 6. The van der Waals surface area contributed by atoms with Crippen molar-refractivity contribution < 1.29 is 9.53 Å². The summed E-state index contributed by atoms with van der Waals surface area (Å²) >= 11 is 1.26. The molecule has 0 saturated heterocycles. The Kier molecular flexibility index (Phi) is 4.74. The molecule has 1 N–H and O–H groups in total. The fraction of sp³-hybridized carbons (Fsp3) is 0.158. The molecule has 4 aromatic rings. The fourth-order valence-corrected chi connectivity index (χ4v) is 3.65. The summed E-state index contributed by atoms with van der Waals surface area (Å²) in [5, 5.41) is 12.2. The molecule has 2 aromatic heterocycles. The molecule has 142 valence electrons. The first-order chi connectivity index (χ1) is 13.6. The summed E-state index contributed by atoms with van der Waals surface area (Å²) in [6.45, 7) is 0.